The maximum atomic E-state index is 5.41. The summed E-state index contributed by atoms with van der Waals surface area (Å²) in [6, 6.07) is 0. The van der Waals surface area contributed by atoms with Gasteiger partial charge in [0.05, 0.1) is 23.3 Å². The minimum Gasteiger partial charge on any atom is -0.357 e. The van der Waals surface area contributed by atoms with Gasteiger partial charge in [0.2, 0.25) is 0 Å². The standard InChI is InChI=1S/C48H48N8.2Y/c1-17-18(2)26(10)34-33(25(17)9)41-49-42(34)54-44-37-29(13)21(5)22(6)30(14)38(37)46(51-44)56-48-40-32(16)24(8)23(7)31(15)39(40)47(52-48)55-45-36-28(12)20(4)19(3)27(11)35(36)43(50-45)53-41;;/h1-16H3;;/q-2;;. The molecule has 7 aromatic rings. The van der Waals surface area contributed by atoms with E-state index in [9.17, 15) is 0 Å². The molecule has 9 rings (SSSR count). The zero-order chi connectivity index (χ0) is 40.1. The van der Waals surface area contributed by atoms with Crippen molar-refractivity contribution in [1.29, 1.82) is 0 Å². The van der Waals surface area contributed by atoms with E-state index in [1.165, 1.54) is 44.5 Å². The topological polar surface area (TPSA) is 106 Å². The predicted molar refractivity (Wildman–Crippen MR) is 230 cm³/mol. The van der Waals surface area contributed by atoms with Crippen LogP contribution in [-0.4, -0.2) is 29.9 Å². The van der Waals surface area contributed by atoms with Crippen LogP contribution in [0.4, 0.5) is 0 Å². The Morgan fingerprint density at radius 1 is 0.224 bits per heavy atom. The first-order valence-corrected chi connectivity index (χ1v) is 19.6. The van der Waals surface area contributed by atoms with Gasteiger partial charge in [-0.25, -0.2) is 9.97 Å². The molecule has 5 heterocycles. The van der Waals surface area contributed by atoms with Crippen LogP contribution in [0.25, 0.3) is 89.7 Å². The number of hydrogen-bond donors (Lipinski definition) is 0. The summed E-state index contributed by atoms with van der Waals surface area (Å²) in [6.45, 7) is 34.8. The fourth-order valence-corrected chi connectivity index (χ4v) is 9.38. The van der Waals surface area contributed by atoms with E-state index < -0.39 is 0 Å². The second-order valence-electron chi connectivity index (χ2n) is 16.5. The quantitative estimate of drug-likeness (QED) is 0.148. The minimum absolute atomic E-state index is 0. The maximum absolute atomic E-state index is 5.41. The van der Waals surface area contributed by atoms with Crippen molar-refractivity contribution in [3.05, 3.63) is 89.0 Å². The van der Waals surface area contributed by atoms with Gasteiger partial charge < -0.3 is 29.9 Å². The van der Waals surface area contributed by atoms with Crippen LogP contribution < -0.4 is 9.97 Å². The van der Waals surface area contributed by atoms with Gasteiger partial charge in [-0.3, -0.25) is 0 Å². The summed E-state index contributed by atoms with van der Waals surface area (Å²) in [5.74, 6) is 2.42. The van der Waals surface area contributed by atoms with E-state index in [-0.39, 0.29) is 65.4 Å². The van der Waals surface area contributed by atoms with Crippen LogP contribution in [-0.2, 0) is 65.4 Å². The molecule has 2 aliphatic rings. The van der Waals surface area contributed by atoms with Crippen LogP contribution >= 0.6 is 0 Å². The zero-order valence-electron chi connectivity index (χ0n) is 36.7. The van der Waals surface area contributed by atoms with Crippen molar-refractivity contribution in [3.63, 3.8) is 0 Å². The average Bonchev–Trinajstić information content (AvgIpc) is 3.92. The molecule has 0 amide bonds. The molecule has 0 aliphatic carbocycles. The monoisotopic (exact) mass is 914 g/mol. The normalized spacial score (nSPS) is 11.9. The van der Waals surface area contributed by atoms with Crippen molar-refractivity contribution in [1.82, 2.24) is 39.9 Å². The largest absolute Gasteiger partial charge is 0.357 e. The summed E-state index contributed by atoms with van der Waals surface area (Å²) < 4.78 is 0. The number of rotatable bonds is 0. The Labute approximate surface area is 391 Å². The fourth-order valence-electron chi connectivity index (χ4n) is 9.38. The molecule has 10 heteroatoms. The van der Waals surface area contributed by atoms with Crippen LogP contribution in [0.5, 0.6) is 0 Å². The first-order chi connectivity index (χ1) is 26.4. The van der Waals surface area contributed by atoms with Gasteiger partial charge >= 0.3 is 0 Å². The zero-order valence-corrected chi connectivity index (χ0v) is 42.4. The summed E-state index contributed by atoms with van der Waals surface area (Å²) >= 11 is 0. The molecule has 58 heavy (non-hydrogen) atoms. The molecule has 8 bridgehead atoms. The number of nitrogens with zero attached hydrogens (tertiary/aromatic N) is 8. The van der Waals surface area contributed by atoms with Crippen LogP contribution in [0.15, 0.2) is 0 Å². The maximum Gasteiger partial charge on any atom is 0.0930 e. The van der Waals surface area contributed by atoms with Crippen LogP contribution in [0.2, 0.25) is 0 Å². The van der Waals surface area contributed by atoms with Gasteiger partial charge in [-0.2, -0.15) is 0 Å². The van der Waals surface area contributed by atoms with Crippen molar-refractivity contribution in [2.45, 2.75) is 111 Å². The number of hydrogen-bond acceptors (Lipinski definition) is 6. The van der Waals surface area contributed by atoms with E-state index in [0.717, 1.165) is 88.3 Å². The Bertz CT molecular complexity index is 2790. The third-order valence-electron chi connectivity index (χ3n) is 14.2. The molecule has 0 atom stereocenters. The molecule has 8 nitrogen and oxygen atoms in total. The summed E-state index contributed by atoms with van der Waals surface area (Å²) in [7, 11) is 0. The van der Waals surface area contributed by atoms with Crippen LogP contribution in [0, 0.1) is 111 Å². The van der Waals surface area contributed by atoms with Gasteiger partial charge in [0, 0.05) is 110 Å². The summed E-state index contributed by atoms with van der Waals surface area (Å²) in [5.41, 5.74) is 25.3. The molecule has 0 spiro atoms. The first-order valence-electron chi connectivity index (χ1n) is 19.6. The predicted octanol–water partition coefficient (Wildman–Crippen LogP) is 11.1. The van der Waals surface area contributed by atoms with Crippen LogP contribution in [0.1, 0.15) is 89.0 Å². The molecule has 0 unspecified atom stereocenters. The Hall–Kier alpha value is -3.55. The third-order valence-corrected chi connectivity index (χ3v) is 14.2. The molecule has 288 valence electrons. The SMILES string of the molecule is Cc1c(C)c(C)c2c(c1C)-c1nc-2nc2[n-]c(nc3nc(nc4[n-]c(n1)c1c(C)c(C)c(C)c(C)c41)-c1c(C)c(C)c(C)c(C)c1-3)c1c(C)c(C)c(C)c(C)c21.[Y].[Y]. The van der Waals surface area contributed by atoms with Crippen molar-refractivity contribution in [3.8, 4) is 45.6 Å². The molecule has 0 saturated carbocycles. The number of aromatic nitrogens is 8. The van der Waals surface area contributed by atoms with E-state index >= 15 is 0 Å². The molecule has 0 N–H and O–H groups in total. The van der Waals surface area contributed by atoms with Crippen molar-refractivity contribution < 1.29 is 65.4 Å². The van der Waals surface area contributed by atoms with Gasteiger partial charge in [-0.1, -0.05) is 0 Å². The molecule has 0 fully saturated rings. The smallest absolute Gasteiger partial charge is 0.0930 e. The number of benzene rings is 4. The van der Waals surface area contributed by atoms with Crippen molar-refractivity contribution >= 4 is 44.1 Å². The Morgan fingerprint density at radius 3 is 0.586 bits per heavy atom. The van der Waals surface area contributed by atoms with E-state index in [0.29, 0.717) is 45.9 Å². The van der Waals surface area contributed by atoms with E-state index in [1.54, 1.807) is 0 Å². The second-order valence-corrected chi connectivity index (χ2v) is 16.5. The molecule has 2 radical (unpaired) electrons. The van der Waals surface area contributed by atoms with Gasteiger partial charge in [0.25, 0.3) is 0 Å². The molecular formula is C48H48N8Y2-2. The van der Waals surface area contributed by atoms with E-state index in [1.807, 2.05) is 0 Å². The van der Waals surface area contributed by atoms with Gasteiger partial charge in [0.1, 0.15) is 0 Å². The summed E-state index contributed by atoms with van der Waals surface area (Å²) in [6.07, 6.45) is 0. The minimum atomic E-state index is 0. The molecule has 0 saturated heterocycles. The molecule has 2 aliphatic heterocycles. The first kappa shape index (κ1) is 42.6. The number of aryl methyl sites for hydroxylation is 4. The van der Waals surface area contributed by atoms with Gasteiger partial charge in [-0.15, -0.1) is 0 Å². The fraction of sp³-hybridized carbons (Fsp3) is 0.333. The molecular weight excluding hydrogens is 866 g/mol. The van der Waals surface area contributed by atoms with Gasteiger partial charge in [-0.05, 0) is 221 Å². The van der Waals surface area contributed by atoms with Gasteiger partial charge in [0.15, 0.2) is 0 Å². The molecule has 3 aromatic heterocycles. The third kappa shape index (κ3) is 5.67. The second kappa shape index (κ2) is 14.6. The van der Waals surface area contributed by atoms with Crippen molar-refractivity contribution in [2.24, 2.45) is 0 Å². The van der Waals surface area contributed by atoms with E-state index in [2.05, 4.69) is 111 Å². The van der Waals surface area contributed by atoms with E-state index in [4.69, 9.17) is 39.9 Å². The number of fused-ring (bicyclic) bond motifs is 20. The van der Waals surface area contributed by atoms with Crippen LogP contribution in [0.3, 0.4) is 0 Å². The molecule has 4 aromatic carbocycles. The summed E-state index contributed by atoms with van der Waals surface area (Å²) in [5, 5.41) is 3.97. The Balaban J connectivity index is 0.00000256. The Morgan fingerprint density at radius 2 is 0.397 bits per heavy atom. The summed E-state index contributed by atoms with van der Waals surface area (Å²) in [4.78, 5) is 42.8. The average molecular weight is 915 g/mol. The Kier molecular flexibility index (Phi) is 10.7. The van der Waals surface area contributed by atoms with Crippen molar-refractivity contribution in [2.75, 3.05) is 0 Å².